The van der Waals surface area contributed by atoms with Crippen LogP contribution < -0.4 is 10.6 Å². The van der Waals surface area contributed by atoms with Crippen LogP contribution in [0.15, 0.2) is 12.7 Å². The van der Waals surface area contributed by atoms with Gasteiger partial charge in [0.25, 0.3) is 0 Å². The van der Waals surface area contributed by atoms with Gasteiger partial charge in [-0.3, -0.25) is 4.79 Å². The molecule has 1 aliphatic heterocycles. The number of urea groups is 1. The Kier molecular flexibility index (Phi) is 3.82. The molecule has 1 heterocycles. The molecule has 0 aliphatic carbocycles. The highest BCUT2D eigenvalue weighted by molar-refractivity contribution is 8.14. The van der Waals surface area contributed by atoms with Crippen LogP contribution in [0.2, 0.25) is 0 Å². The van der Waals surface area contributed by atoms with Gasteiger partial charge in [-0.15, -0.1) is 6.58 Å². The number of hydrogen-bond donors (Lipinski definition) is 2. The highest BCUT2D eigenvalue weighted by atomic mass is 32.2. The smallest absolute Gasteiger partial charge is 0.315 e. The number of carbonyl (C=O) groups excluding carboxylic acids is 2. The number of thioether (sulfide) groups is 1. The third kappa shape index (κ3) is 3.10. The molecule has 2 amide bonds. The number of rotatable bonds is 3. The van der Waals surface area contributed by atoms with Crippen LogP contribution in [0.1, 0.15) is 6.42 Å². The van der Waals surface area contributed by atoms with Crippen LogP contribution in [0.4, 0.5) is 4.79 Å². The fourth-order valence-corrected chi connectivity index (χ4v) is 1.93. The number of hydrogen-bond acceptors (Lipinski definition) is 3. The van der Waals surface area contributed by atoms with Gasteiger partial charge in [0.2, 0.25) is 5.12 Å². The summed E-state index contributed by atoms with van der Waals surface area (Å²) in [5.74, 6) is 0.797. The van der Waals surface area contributed by atoms with E-state index in [0.29, 0.717) is 6.54 Å². The third-order valence-electron chi connectivity index (χ3n) is 1.65. The van der Waals surface area contributed by atoms with Gasteiger partial charge in [0.1, 0.15) is 6.04 Å². The Morgan fingerprint density at radius 3 is 3.08 bits per heavy atom. The van der Waals surface area contributed by atoms with E-state index in [1.807, 2.05) is 0 Å². The second-order valence-corrected chi connectivity index (χ2v) is 3.75. The van der Waals surface area contributed by atoms with E-state index in [4.69, 9.17) is 0 Å². The zero-order valence-corrected chi connectivity index (χ0v) is 8.02. The van der Waals surface area contributed by atoms with Crippen LogP contribution >= 0.6 is 11.8 Å². The van der Waals surface area contributed by atoms with Crippen LogP contribution in [-0.4, -0.2) is 29.5 Å². The summed E-state index contributed by atoms with van der Waals surface area (Å²) in [5.41, 5.74) is 0. The van der Waals surface area contributed by atoms with E-state index >= 15 is 0 Å². The van der Waals surface area contributed by atoms with Gasteiger partial charge in [0, 0.05) is 12.3 Å². The molecule has 0 bridgehead atoms. The van der Waals surface area contributed by atoms with Crippen LogP contribution in [0, 0.1) is 0 Å². The van der Waals surface area contributed by atoms with Crippen molar-refractivity contribution in [2.45, 2.75) is 12.5 Å². The first-order valence-corrected chi connectivity index (χ1v) is 5.04. The number of carbonyl (C=O) groups is 2. The molecule has 0 saturated carbocycles. The minimum absolute atomic E-state index is 0.0498. The molecule has 1 fully saturated rings. The largest absolute Gasteiger partial charge is 0.335 e. The zero-order chi connectivity index (χ0) is 9.68. The standard InChI is InChI=1S/C8H12N2O2S/c1-2-4-9-8(12)10-6-3-5-13-7(6)11/h2,6H,1,3-5H2,(H2,9,10,12). The van der Waals surface area contributed by atoms with Gasteiger partial charge in [-0.2, -0.15) is 0 Å². The van der Waals surface area contributed by atoms with Crippen molar-refractivity contribution >= 4 is 22.9 Å². The van der Waals surface area contributed by atoms with Crippen molar-refractivity contribution in [3.63, 3.8) is 0 Å². The molecule has 0 aromatic heterocycles. The molecule has 4 nitrogen and oxygen atoms in total. The number of amides is 2. The molecule has 2 N–H and O–H groups in total. The zero-order valence-electron chi connectivity index (χ0n) is 7.21. The predicted octanol–water partition coefficient (Wildman–Crippen LogP) is 0.504. The Bertz CT molecular complexity index is 230. The van der Waals surface area contributed by atoms with E-state index in [-0.39, 0.29) is 17.2 Å². The lowest BCUT2D eigenvalue weighted by Crippen LogP contribution is -2.43. The van der Waals surface area contributed by atoms with Crippen LogP contribution in [0.5, 0.6) is 0 Å². The van der Waals surface area contributed by atoms with Gasteiger partial charge in [-0.25, -0.2) is 4.79 Å². The molecular formula is C8H12N2O2S. The maximum Gasteiger partial charge on any atom is 0.315 e. The molecular weight excluding hydrogens is 188 g/mol. The topological polar surface area (TPSA) is 58.2 Å². The summed E-state index contributed by atoms with van der Waals surface area (Å²) in [5, 5.41) is 5.20. The average Bonchev–Trinajstić information content (AvgIpc) is 2.48. The molecule has 1 atom stereocenters. The summed E-state index contributed by atoms with van der Waals surface area (Å²) in [6.07, 6.45) is 2.32. The summed E-state index contributed by atoms with van der Waals surface area (Å²) in [4.78, 5) is 22.2. The minimum atomic E-state index is -0.310. The lowest BCUT2D eigenvalue weighted by atomic mass is 10.2. The van der Waals surface area contributed by atoms with E-state index in [2.05, 4.69) is 17.2 Å². The molecule has 0 radical (unpaired) electrons. The Hall–Kier alpha value is -0.970. The van der Waals surface area contributed by atoms with Crippen molar-refractivity contribution in [1.82, 2.24) is 10.6 Å². The molecule has 0 spiro atoms. The lowest BCUT2D eigenvalue weighted by molar-refractivity contribution is -0.112. The van der Waals surface area contributed by atoms with E-state index in [9.17, 15) is 9.59 Å². The van der Waals surface area contributed by atoms with Gasteiger partial charge in [0.05, 0.1) is 0 Å². The quantitative estimate of drug-likeness (QED) is 0.652. The highest BCUT2D eigenvalue weighted by Gasteiger charge is 2.26. The van der Waals surface area contributed by atoms with Crippen molar-refractivity contribution in [2.75, 3.05) is 12.3 Å². The Balaban J connectivity index is 2.26. The van der Waals surface area contributed by atoms with Crippen LogP contribution in [-0.2, 0) is 4.79 Å². The lowest BCUT2D eigenvalue weighted by Gasteiger charge is -2.09. The molecule has 72 valence electrons. The first-order valence-electron chi connectivity index (χ1n) is 4.06. The number of nitrogens with one attached hydrogen (secondary N) is 2. The Morgan fingerprint density at radius 1 is 1.77 bits per heavy atom. The minimum Gasteiger partial charge on any atom is -0.335 e. The van der Waals surface area contributed by atoms with E-state index in [0.717, 1.165) is 12.2 Å². The van der Waals surface area contributed by atoms with Crippen LogP contribution in [0.3, 0.4) is 0 Å². The van der Waals surface area contributed by atoms with Crippen molar-refractivity contribution in [2.24, 2.45) is 0 Å². The summed E-state index contributed by atoms with van der Waals surface area (Å²) < 4.78 is 0. The highest BCUT2D eigenvalue weighted by Crippen LogP contribution is 2.18. The van der Waals surface area contributed by atoms with Gasteiger partial charge >= 0.3 is 6.03 Å². The predicted molar refractivity (Wildman–Crippen MR) is 52.6 cm³/mol. The summed E-state index contributed by atoms with van der Waals surface area (Å²) in [6.45, 7) is 3.88. The second-order valence-electron chi connectivity index (χ2n) is 2.65. The maximum absolute atomic E-state index is 11.1. The van der Waals surface area contributed by atoms with Gasteiger partial charge in [-0.1, -0.05) is 17.8 Å². The first kappa shape index (κ1) is 10.1. The summed E-state index contributed by atoms with van der Waals surface area (Å²) in [7, 11) is 0. The monoisotopic (exact) mass is 200 g/mol. The molecule has 1 rings (SSSR count). The summed E-state index contributed by atoms with van der Waals surface area (Å²) in [6, 6.07) is -0.615. The van der Waals surface area contributed by atoms with Gasteiger partial charge in [-0.05, 0) is 6.42 Å². The first-order chi connectivity index (χ1) is 6.24. The molecule has 13 heavy (non-hydrogen) atoms. The fraction of sp³-hybridized carbons (Fsp3) is 0.500. The van der Waals surface area contributed by atoms with Gasteiger partial charge < -0.3 is 10.6 Å². The maximum atomic E-state index is 11.1. The van der Waals surface area contributed by atoms with E-state index in [1.54, 1.807) is 6.08 Å². The normalized spacial score (nSPS) is 21.2. The summed E-state index contributed by atoms with van der Waals surface area (Å²) >= 11 is 1.27. The molecule has 5 heteroatoms. The third-order valence-corrected chi connectivity index (χ3v) is 2.66. The van der Waals surface area contributed by atoms with E-state index in [1.165, 1.54) is 11.8 Å². The van der Waals surface area contributed by atoms with Crippen molar-refractivity contribution < 1.29 is 9.59 Å². The molecule has 0 aromatic carbocycles. The van der Waals surface area contributed by atoms with Crippen molar-refractivity contribution in [1.29, 1.82) is 0 Å². The average molecular weight is 200 g/mol. The van der Waals surface area contributed by atoms with E-state index < -0.39 is 0 Å². The van der Waals surface area contributed by atoms with Gasteiger partial charge in [0.15, 0.2) is 0 Å². The molecule has 1 unspecified atom stereocenters. The molecule has 1 saturated heterocycles. The Morgan fingerprint density at radius 2 is 2.54 bits per heavy atom. The molecule has 0 aromatic rings. The Labute approximate surface area is 81.1 Å². The van der Waals surface area contributed by atoms with Crippen molar-refractivity contribution in [3.8, 4) is 0 Å². The van der Waals surface area contributed by atoms with Crippen LogP contribution in [0.25, 0.3) is 0 Å². The fourth-order valence-electron chi connectivity index (χ4n) is 1.00. The SMILES string of the molecule is C=CCNC(=O)NC1CCSC1=O. The second kappa shape index (κ2) is 4.91. The molecule has 1 aliphatic rings. The van der Waals surface area contributed by atoms with Crippen molar-refractivity contribution in [3.05, 3.63) is 12.7 Å².